The maximum atomic E-state index is 11.1. The molecular formula is C11H22N2O2. The van der Waals surface area contributed by atoms with Gasteiger partial charge in [0.1, 0.15) is 0 Å². The molecule has 0 bridgehead atoms. The van der Waals surface area contributed by atoms with Crippen LogP contribution >= 0.6 is 0 Å². The standard InChI is InChI=1S/C11H22N2O2/c1-2-15-11(14)6-7-13-10-5-3-4-9(12)8-10/h9-10,13H,2-8,12H2,1H3. The van der Waals surface area contributed by atoms with Gasteiger partial charge in [-0.1, -0.05) is 6.42 Å². The van der Waals surface area contributed by atoms with Crippen LogP contribution in [-0.4, -0.2) is 31.2 Å². The third kappa shape index (κ3) is 5.14. The van der Waals surface area contributed by atoms with E-state index in [4.69, 9.17) is 10.5 Å². The van der Waals surface area contributed by atoms with E-state index in [1.807, 2.05) is 6.92 Å². The van der Waals surface area contributed by atoms with Crippen LogP contribution in [-0.2, 0) is 9.53 Å². The summed E-state index contributed by atoms with van der Waals surface area (Å²) in [6.07, 6.45) is 4.99. The minimum Gasteiger partial charge on any atom is -0.466 e. The molecule has 4 heteroatoms. The topological polar surface area (TPSA) is 64.3 Å². The summed E-state index contributed by atoms with van der Waals surface area (Å²) in [5, 5.41) is 3.36. The van der Waals surface area contributed by atoms with Crippen molar-refractivity contribution in [1.82, 2.24) is 5.32 Å². The van der Waals surface area contributed by atoms with Crippen LogP contribution in [0.15, 0.2) is 0 Å². The lowest BCUT2D eigenvalue weighted by atomic mass is 9.91. The van der Waals surface area contributed by atoms with Gasteiger partial charge in [-0.25, -0.2) is 0 Å². The van der Waals surface area contributed by atoms with Gasteiger partial charge in [0.2, 0.25) is 0 Å². The number of rotatable bonds is 5. The molecule has 0 aliphatic heterocycles. The average molecular weight is 214 g/mol. The lowest BCUT2D eigenvalue weighted by Gasteiger charge is -2.27. The first kappa shape index (κ1) is 12.5. The predicted octanol–water partition coefficient (Wildman–Crippen LogP) is 0.799. The molecular weight excluding hydrogens is 192 g/mol. The van der Waals surface area contributed by atoms with Crippen LogP contribution in [0.1, 0.15) is 39.0 Å². The van der Waals surface area contributed by atoms with Crippen LogP contribution in [0.2, 0.25) is 0 Å². The molecule has 88 valence electrons. The van der Waals surface area contributed by atoms with E-state index in [0.29, 0.717) is 31.7 Å². The van der Waals surface area contributed by atoms with Crippen molar-refractivity contribution in [3.8, 4) is 0 Å². The van der Waals surface area contributed by atoms with Gasteiger partial charge in [0.05, 0.1) is 13.0 Å². The minimum absolute atomic E-state index is 0.120. The molecule has 0 aromatic rings. The van der Waals surface area contributed by atoms with E-state index in [2.05, 4.69) is 5.32 Å². The van der Waals surface area contributed by atoms with E-state index < -0.39 is 0 Å². The highest BCUT2D eigenvalue weighted by atomic mass is 16.5. The van der Waals surface area contributed by atoms with E-state index in [1.54, 1.807) is 0 Å². The summed E-state index contributed by atoms with van der Waals surface area (Å²) >= 11 is 0. The molecule has 2 atom stereocenters. The van der Waals surface area contributed by atoms with Crippen molar-refractivity contribution >= 4 is 5.97 Å². The first-order chi connectivity index (χ1) is 7.22. The summed E-state index contributed by atoms with van der Waals surface area (Å²) in [7, 11) is 0. The second-order valence-corrected chi connectivity index (χ2v) is 4.13. The molecule has 2 unspecified atom stereocenters. The molecule has 0 radical (unpaired) electrons. The highest BCUT2D eigenvalue weighted by Crippen LogP contribution is 2.16. The van der Waals surface area contributed by atoms with E-state index in [9.17, 15) is 4.79 Å². The molecule has 0 aromatic heterocycles. The van der Waals surface area contributed by atoms with Gasteiger partial charge in [-0.05, 0) is 26.2 Å². The van der Waals surface area contributed by atoms with Crippen molar-refractivity contribution in [1.29, 1.82) is 0 Å². The Hall–Kier alpha value is -0.610. The summed E-state index contributed by atoms with van der Waals surface area (Å²) < 4.78 is 4.85. The van der Waals surface area contributed by atoms with Crippen molar-refractivity contribution < 1.29 is 9.53 Å². The SMILES string of the molecule is CCOC(=O)CCNC1CCCC(N)C1. The zero-order chi connectivity index (χ0) is 11.1. The Labute approximate surface area is 91.5 Å². The molecule has 1 saturated carbocycles. The number of nitrogens with one attached hydrogen (secondary N) is 1. The molecule has 3 N–H and O–H groups in total. The maximum absolute atomic E-state index is 11.1. The van der Waals surface area contributed by atoms with Crippen molar-refractivity contribution in [3.05, 3.63) is 0 Å². The molecule has 0 heterocycles. The van der Waals surface area contributed by atoms with Gasteiger partial charge in [-0.15, -0.1) is 0 Å². The largest absolute Gasteiger partial charge is 0.466 e. The number of carbonyl (C=O) groups excluding carboxylic acids is 1. The minimum atomic E-state index is -0.120. The molecule has 0 amide bonds. The number of hydrogen-bond donors (Lipinski definition) is 2. The molecule has 0 saturated heterocycles. The average Bonchev–Trinajstić information content (AvgIpc) is 2.18. The zero-order valence-corrected chi connectivity index (χ0v) is 9.50. The third-order valence-electron chi connectivity index (χ3n) is 2.78. The van der Waals surface area contributed by atoms with Crippen LogP contribution < -0.4 is 11.1 Å². The molecule has 1 aliphatic rings. The Balaban J connectivity index is 2.06. The number of nitrogens with two attached hydrogens (primary N) is 1. The zero-order valence-electron chi connectivity index (χ0n) is 9.50. The second-order valence-electron chi connectivity index (χ2n) is 4.13. The van der Waals surface area contributed by atoms with E-state index >= 15 is 0 Å². The highest BCUT2D eigenvalue weighted by Gasteiger charge is 2.18. The fourth-order valence-electron chi connectivity index (χ4n) is 2.02. The monoisotopic (exact) mass is 214 g/mol. The van der Waals surface area contributed by atoms with Gasteiger partial charge >= 0.3 is 5.97 Å². The van der Waals surface area contributed by atoms with Crippen LogP contribution in [0, 0.1) is 0 Å². The molecule has 0 spiro atoms. The first-order valence-corrected chi connectivity index (χ1v) is 5.87. The Morgan fingerprint density at radius 1 is 1.53 bits per heavy atom. The number of ether oxygens (including phenoxy) is 1. The van der Waals surface area contributed by atoms with E-state index in [1.165, 1.54) is 12.8 Å². The molecule has 0 aromatic carbocycles. The summed E-state index contributed by atoms with van der Waals surface area (Å²) in [6.45, 7) is 2.99. The van der Waals surface area contributed by atoms with Crippen LogP contribution in [0.4, 0.5) is 0 Å². The van der Waals surface area contributed by atoms with Crippen LogP contribution in [0.5, 0.6) is 0 Å². The van der Waals surface area contributed by atoms with Crippen molar-refractivity contribution in [2.75, 3.05) is 13.2 Å². The lowest BCUT2D eigenvalue weighted by Crippen LogP contribution is -2.40. The van der Waals surface area contributed by atoms with Gasteiger partial charge in [0, 0.05) is 18.6 Å². The van der Waals surface area contributed by atoms with Crippen molar-refractivity contribution in [2.24, 2.45) is 5.73 Å². The summed E-state index contributed by atoms with van der Waals surface area (Å²) in [6, 6.07) is 0.821. The summed E-state index contributed by atoms with van der Waals surface area (Å²) in [4.78, 5) is 11.1. The number of esters is 1. The normalized spacial score (nSPS) is 26.3. The van der Waals surface area contributed by atoms with Crippen molar-refractivity contribution in [3.63, 3.8) is 0 Å². The Bertz CT molecular complexity index is 197. The van der Waals surface area contributed by atoms with E-state index in [-0.39, 0.29) is 5.97 Å². The Morgan fingerprint density at radius 3 is 3.00 bits per heavy atom. The van der Waals surface area contributed by atoms with Gasteiger partial charge in [-0.3, -0.25) is 4.79 Å². The molecule has 1 rings (SSSR count). The number of hydrogen-bond acceptors (Lipinski definition) is 4. The second kappa shape index (κ2) is 6.80. The van der Waals surface area contributed by atoms with Crippen molar-refractivity contribution in [2.45, 2.75) is 51.1 Å². The van der Waals surface area contributed by atoms with Gasteiger partial charge < -0.3 is 15.8 Å². The number of carbonyl (C=O) groups is 1. The van der Waals surface area contributed by atoms with Gasteiger partial charge in [0.15, 0.2) is 0 Å². The van der Waals surface area contributed by atoms with Gasteiger partial charge in [0.25, 0.3) is 0 Å². The molecule has 4 nitrogen and oxygen atoms in total. The van der Waals surface area contributed by atoms with Crippen LogP contribution in [0.3, 0.4) is 0 Å². The quantitative estimate of drug-likeness (QED) is 0.664. The third-order valence-corrected chi connectivity index (χ3v) is 2.78. The van der Waals surface area contributed by atoms with Gasteiger partial charge in [-0.2, -0.15) is 0 Å². The van der Waals surface area contributed by atoms with Crippen LogP contribution in [0.25, 0.3) is 0 Å². The highest BCUT2D eigenvalue weighted by molar-refractivity contribution is 5.69. The lowest BCUT2D eigenvalue weighted by molar-refractivity contribution is -0.143. The maximum Gasteiger partial charge on any atom is 0.307 e. The molecule has 1 fully saturated rings. The molecule has 15 heavy (non-hydrogen) atoms. The smallest absolute Gasteiger partial charge is 0.307 e. The predicted molar refractivity (Wildman–Crippen MR) is 59.5 cm³/mol. The fourth-order valence-corrected chi connectivity index (χ4v) is 2.02. The molecule has 1 aliphatic carbocycles. The summed E-state index contributed by atoms with van der Waals surface area (Å²) in [5.41, 5.74) is 5.87. The summed E-state index contributed by atoms with van der Waals surface area (Å²) in [5.74, 6) is -0.120. The first-order valence-electron chi connectivity index (χ1n) is 5.87. The van der Waals surface area contributed by atoms with E-state index in [0.717, 1.165) is 12.8 Å². The Morgan fingerprint density at radius 2 is 2.33 bits per heavy atom. The fraction of sp³-hybridized carbons (Fsp3) is 0.909. The Kier molecular flexibility index (Phi) is 5.65.